The van der Waals surface area contributed by atoms with Crippen LogP contribution in [0, 0.1) is 0 Å². The normalized spacial score (nSPS) is 11.3. The van der Waals surface area contributed by atoms with E-state index in [2.05, 4.69) is 39.8 Å². The van der Waals surface area contributed by atoms with Gasteiger partial charge < -0.3 is 10.3 Å². The third-order valence-electron chi connectivity index (χ3n) is 3.34. The van der Waals surface area contributed by atoms with Crippen molar-refractivity contribution in [2.45, 2.75) is 33.0 Å². The maximum absolute atomic E-state index is 5.70. The van der Waals surface area contributed by atoms with Gasteiger partial charge in [0.2, 0.25) is 0 Å². The molecule has 0 atom stereocenters. The van der Waals surface area contributed by atoms with Crippen LogP contribution in [0.3, 0.4) is 0 Å². The molecule has 6 nitrogen and oxygen atoms in total. The van der Waals surface area contributed by atoms with Gasteiger partial charge in [0, 0.05) is 13.1 Å². The first-order valence-corrected chi connectivity index (χ1v) is 6.82. The van der Waals surface area contributed by atoms with Crippen LogP contribution in [-0.4, -0.2) is 24.3 Å². The molecule has 0 amide bonds. The lowest BCUT2D eigenvalue weighted by molar-refractivity contribution is 0.592. The zero-order valence-corrected chi connectivity index (χ0v) is 11.5. The van der Waals surface area contributed by atoms with Crippen molar-refractivity contribution in [3.05, 3.63) is 42.2 Å². The van der Waals surface area contributed by atoms with Crippen molar-refractivity contribution in [3.63, 3.8) is 0 Å². The number of nitrogens with two attached hydrogens (primary N) is 1. The van der Waals surface area contributed by atoms with Gasteiger partial charge in [0.05, 0.1) is 11.0 Å². The first-order valence-electron chi connectivity index (χ1n) is 6.82. The Labute approximate surface area is 117 Å². The van der Waals surface area contributed by atoms with Crippen molar-refractivity contribution in [3.8, 4) is 0 Å². The average Bonchev–Trinajstić information content (AvgIpc) is 3.08. The van der Waals surface area contributed by atoms with E-state index in [-0.39, 0.29) is 0 Å². The second-order valence-corrected chi connectivity index (χ2v) is 4.80. The Morgan fingerprint density at radius 1 is 1.30 bits per heavy atom. The fourth-order valence-corrected chi connectivity index (χ4v) is 2.41. The average molecular weight is 270 g/mol. The summed E-state index contributed by atoms with van der Waals surface area (Å²) in [5.41, 5.74) is 8.95. The third-order valence-corrected chi connectivity index (χ3v) is 3.34. The molecule has 0 aliphatic rings. The Balaban J connectivity index is 2.07. The standard InChI is InChI=1S/C14H18N6/c1-2-5-20-13-4-3-11(7-15)6-12(13)18-14(20)8-19-10-16-9-17-19/h3-4,6,9-10H,2,5,7-8,15H2,1H3. The monoisotopic (exact) mass is 270 g/mol. The predicted octanol–water partition coefficient (Wildman–Crippen LogP) is 1.54. The van der Waals surface area contributed by atoms with Gasteiger partial charge in [-0.15, -0.1) is 0 Å². The van der Waals surface area contributed by atoms with Crippen LogP contribution in [-0.2, 0) is 19.6 Å². The smallest absolute Gasteiger partial charge is 0.137 e. The number of aromatic nitrogens is 5. The SMILES string of the molecule is CCCn1c(Cn2cncn2)nc2cc(CN)ccc21. The van der Waals surface area contributed by atoms with Crippen molar-refractivity contribution in [2.75, 3.05) is 0 Å². The Hall–Kier alpha value is -2.21. The molecule has 2 heterocycles. The Kier molecular flexibility index (Phi) is 3.47. The number of hydrogen-bond acceptors (Lipinski definition) is 4. The molecule has 3 aromatic rings. The first kappa shape index (κ1) is 12.8. The van der Waals surface area contributed by atoms with E-state index >= 15 is 0 Å². The second-order valence-electron chi connectivity index (χ2n) is 4.80. The van der Waals surface area contributed by atoms with Crippen molar-refractivity contribution < 1.29 is 0 Å². The molecule has 2 N–H and O–H groups in total. The maximum atomic E-state index is 5.70. The lowest BCUT2D eigenvalue weighted by Crippen LogP contribution is -2.09. The molecular weight excluding hydrogens is 252 g/mol. The molecule has 0 saturated heterocycles. The van der Waals surface area contributed by atoms with Crippen LogP contribution < -0.4 is 5.73 Å². The molecule has 0 saturated carbocycles. The highest BCUT2D eigenvalue weighted by atomic mass is 15.3. The molecule has 0 spiro atoms. The molecule has 0 aliphatic carbocycles. The van der Waals surface area contributed by atoms with Gasteiger partial charge >= 0.3 is 0 Å². The molecule has 6 heteroatoms. The fraction of sp³-hybridized carbons (Fsp3) is 0.357. The molecule has 2 aromatic heterocycles. The third kappa shape index (κ3) is 2.30. The minimum Gasteiger partial charge on any atom is -0.326 e. The molecule has 0 fully saturated rings. The summed E-state index contributed by atoms with van der Waals surface area (Å²) >= 11 is 0. The van der Waals surface area contributed by atoms with Crippen LogP contribution >= 0.6 is 0 Å². The number of imidazole rings is 1. The Morgan fingerprint density at radius 2 is 2.20 bits per heavy atom. The lowest BCUT2D eigenvalue weighted by Gasteiger charge is -2.07. The number of rotatable bonds is 5. The van der Waals surface area contributed by atoms with Crippen molar-refractivity contribution in [1.82, 2.24) is 24.3 Å². The van der Waals surface area contributed by atoms with Gasteiger partial charge in [-0.05, 0) is 24.1 Å². The Morgan fingerprint density at radius 3 is 2.90 bits per heavy atom. The molecule has 3 rings (SSSR count). The van der Waals surface area contributed by atoms with Crippen LogP contribution in [0.1, 0.15) is 24.7 Å². The predicted molar refractivity (Wildman–Crippen MR) is 77.0 cm³/mol. The van der Waals surface area contributed by atoms with E-state index in [9.17, 15) is 0 Å². The quantitative estimate of drug-likeness (QED) is 0.763. The molecule has 20 heavy (non-hydrogen) atoms. The van der Waals surface area contributed by atoms with E-state index < -0.39 is 0 Å². The van der Waals surface area contributed by atoms with Crippen LogP contribution in [0.2, 0.25) is 0 Å². The summed E-state index contributed by atoms with van der Waals surface area (Å²) in [5.74, 6) is 1.00. The molecule has 104 valence electrons. The van der Waals surface area contributed by atoms with Gasteiger partial charge in [-0.3, -0.25) is 0 Å². The zero-order valence-electron chi connectivity index (χ0n) is 11.5. The van der Waals surface area contributed by atoms with E-state index in [1.807, 2.05) is 0 Å². The summed E-state index contributed by atoms with van der Waals surface area (Å²) in [6, 6.07) is 6.23. The van der Waals surface area contributed by atoms with Crippen LogP contribution in [0.5, 0.6) is 0 Å². The molecule has 0 aliphatic heterocycles. The summed E-state index contributed by atoms with van der Waals surface area (Å²) < 4.78 is 4.04. The lowest BCUT2D eigenvalue weighted by atomic mass is 10.2. The van der Waals surface area contributed by atoms with Gasteiger partial charge in [0.1, 0.15) is 25.0 Å². The van der Waals surface area contributed by atoms with Crippen molar-refractivity contribution >= 4 is 11.0 Å². The first-order chi connectivity index (χ1) is 9.81. The molecular formula is C14H18N6. The van der Waals surface area contributed by atoms with Crippen LogP contribution in [0.4, 0.5) is 0 Å². The van der Waals surface area contributed by atoms with Crippen molar-refractivity contribution in [1.29, 1.82) is 0 Å². The van der Waals surface area contributed by atoms with Gasteiger partial charge in [0.25, 0.3) is 0 Å². The molecule has 0 unspecified atom stereocenters. The number of aryl methyl sites for hydroxylation is 1. The largest absolute Gasteiger partial charge is 0.326 e. The van der Waals surface area contributed by atoms with E-state index in [1.54, 1.807) is 17.3 Å². The second kappa shape index (κ2) is 5.42. The Bertz CT molecular complexity index is 698. The van der Waals surface area contributed by atoms with E-state index in [0.29, 0.717) is 13.1 Å². The van der Waals surface area contributed by atoms with Crippen LogP contribution in [0.15, 0.2) is 30.9 Å². The summed E-state index contributed by atoms with van der Waals surface area (Å²) in [5, 5.41) is 4.15. The maximum Gasteiger partial charge on any atom is 0.137 e. The highest BCUT2D eigenvalue weighted by Crippen LogP contribution is 2.19. The van der Waals surface area contributed by atoms with E-state index in [0.717, 1.165) is 35.4 Å². The van der Waals surface area contributed by atoms with Gasteiger partial charge in [-0.2, -0.15) is 5.10 Å². The highest BCUT2D eigenvalue weighted by molar-refractivity contribution is 5.77. The van der Waals surface area contributed by atoms with E-state index in [4.69, 9.17) is 10.7 Å². The highest BCUT2D eigenvalue weighted by Gasteiger charge is 2.11. The number of nitrogens with zero attached hydrogens (tertiary/aromatic N) is 5. The van der Waals surface area contributed by atoms with Gasteiger partial charge in [-0.25, -0.2) is 14.6 Å². The van der Waals surface area contributed by atoms with E-state index in [1.165, 1.54) is 0 Å². The fourth-order valence-electron chi connectivity index (χ4n) is 2.41. The zero-order chi connectivity index (χ0) is 13.9. The minimum absolute atomic E-state index is 0.537. The number of benzene rings is 1. The summed E-state index contributed by atoms with van der Waals surface area (Å²) in [6.45, 7) is 4.28. The number of hydrogen-bond donors (Lipinski definition) is 1. The summed E-state index contributed by atoms with van der Waals surface area (Å²) in [6.07, 6.45) is 4.31. The summed E-state index contributed by atoms with van der Waals surface area (Å²) in [4.78, 5) is 8.71. The minimum atomic E-state index is 0.537. The molecule has 0 bridgehead atoms. The topological polar surface area (TPSA) is 74.5 Å². The van der Waals surface area contributed by atoms with Gasteiger partial charge in [0.15, 0.2) is 0 Å². The number of fused-ring (bicyclic) bond motifs is 1. The van der Waals surface area contributed by atoms with Gasteiger partial charge in [-0.1, -0.05) is 13.0 Å². The molecule has 0 radical (unpaired) electrons. The summed E-state index contributed by atoms with van der Waals surface area (Å²) in [7, 11) is 0. The molecule has 1 aromatic carbocycles. The van der Waals surface area contributed by atoms with Crippen LogP contribution in [0.25, 0.3) is 11.0 Å². The van der Waals surface area contributed by atoms with Crippen molar-refractivity contribution in [2.24, 2.45) is 5.73 Å².